The molecule has 11 heteroatoms. The van der Waals surface area contributed by atoms with E-state index in [0.29, 0.717) is 36.6 Å². The molecule has 0 radical (unpaired) electrons. The summed E-state index contributed by atoms with van der Waals surface area (Å²) in [6, 6.07) is 14.4. The molecule has 3 aromatic rings. The van der Waals surface area contributed by atoms with Gasteiger partial charge in [0.05, 0.1) is 36.0 Å². The van der Waals surface area contributed by atoms with Gasteiger partial charge in [0.1, 0.15) is 5.82 Å². The highest BCUT2D eigenvalue weighted by atomic mass is 32.2. The second-order valence-corrected chi connectivity index (χ2v) is 10.8. The van der Waals surface area contributed by atoms with E-state index in [9.17, 15) is 22.7 Å². The molecule has 9 nitrogen and oxygen atoms in total. The lowest BCUT2D eigenvalue weighted by molar-refractivity contribution is 0.0428. The molecule has 0 aliphatic carbocycles. The zero-order valence-electron chi connectivity index (χ0n) is 20.7. The third kappa shape index (κ3) is 6.61. The standard InChI is InChI=1S/C26H31FN4O5S/c1-2-36-18-23(32)16-24-25(17-28-31(26(24)33)22-10-8-21(27)9-11-22)29-12-14-30(15-13-29)37(34,35)19-20-6-4-3-5-7-20/h3-11,17,23,32H,2,12-16,18-19H2,1H3/t23-/m0/s1. The summed E-state index contributed by atoms with van der Waals surface area (Å²) >= 11 is 0. The first-order chi connectivity index (χ1) is 17.8. The van der Waals surface area contributed by atoms with E-state index in [2.05, 4.69) is 5.10 Å². The Kier molecular flexibility index (Phi) is 8.70. The second kappa shape index (κ2) is 12.0. The number of hydrogen-bond acceptors (Lipinski definition) is 7. The molecule has 1 aromatic heterocycles. The van der Waals surface area contributed by atoms with Crippen molar-refractivity contribution in [2.24, 2.45) is 0 Å². The lowest BCUT2D eigenvalue weighted by Gasteiger charge is -2.36. The molecule has 1 saturated heterocycles. The van der Waals surface area contributed by atoms with Gasteiger partial charge in [-0.3, -0.25) is 4.79 Å². The summed E-state index contributed by atoms with van der Waals surface area (Å²) in [6.07, 6.45) is 0.662. The van der Waals surface area contributed by atoms with E-state index >= 15 is 0 Å². The summed E-state index contributed by atoms with van der Waals surface area (Å²) in [5.74, 6) is -0.501. The number of anilines is 1. The number of rotatable bonds is 10. The van der Waals surface area contributed by atoms with Gasteiger partial charge in [-0.05, 0) is 36.8 Å². The molecule has 1 aliphatic heterocycles. The minimum Gasteiger partial charge on any atom is -0.390 e. The van der Waals surface area contributed by atoms with Gasteiger partial charge in [-0.2, -0.15) is 14.1 Å². The molecule has 2 aromatic carbocycles. The highest BCUT2D eigenvalue weighted by Gasteiger charge is 2.29. The van der Waals surface area contributed by atoms with Crippen LogP contribution in [0.3, 0.4) is 0 Å². The largest absolute Gasteiger partial charge is 0.390 e. The van der Waals surface area contributed by atoms with Crippen molar-refractivity contribution in [3.8, 4) is 5.69 Å². The van der Waals surface area contributed by atoms with Crippen LogP contribution in [0.25, 0.3) is 5.69 Å². The molecular formula is C26H31FN4O5S. The molecule has 198 valence electrons. The number of benzene rings is 2. The first-order valence-corrected chi connectivity index (χ1v) is 13.8. The Bertz CT molecular complexity index is 1340. The fourth-order valence-corrected chi connectivity index (χ4v) is 5.86. The molecule has 0 amide bonds. The zero-order valence-corrected chi connectivity index (χ0v) is 21.5. The fourth-order valence-electron chi connectivity index (χ4n) is 4.34. The summed E-state index contributed by atoms with van der Waals surface area (Å²) in [6.45, 7) is 3.57. The van der Waals surface area contributed by atoms with Crippen molar-refractivity contribution in [1.82, 2.24) is 14.1 Å². The smallest absolute Gasteiger partial charge is 0.276 e. The third-order valence-corrected chi connectivity index (χ3v) is 8.10. The zero-order chi connectivity index (χ0) is 26.4. The van der Waals surface area contributed by atoms with Crippen LogP contribution in [0.2, 0.25) is 0 Å². The Labute approximate surface area is 215 Å². The third-order valence-electron chi connectivity index (χ3n) is 6.25. The molecule has 0 saturated carbocycles. The van der Waals surface area contributed by atoms with E-state index in [1.165, 1.54) is 33.3 Å². The van der Waals surface area contributed by atoms with Gasteiger partial charge in [0.25, 0.3) is 5.56 Å². The highest BCUT2D eigenvalue weighted by Crippen LogP contribution is 2.23. The van der Waals surface area contributed by atoms with E-state index in [1.54, 1.807) is 18.3 Å². The molecule has 0 unspecified atom stereocenters. The van der Waals surface area contributed by atoms with Crippen LogP contribution < -0.4 is 10.5 Å². The summed E-state index contributed by atoms with van der Waals surface area (Å²) in [7, 11) is -3.50. The van der Waals surface area contributed by atoms with Crippen LogP contribution in [0.4, 0.5) is 10.1 Å². The van der Waals surface area contributed by atoms with Crippen LogP contribution in [0.1, 0.15) is 18.1 Å². The molecular weight excluding hydrogens is 499 g/mol. The van der Waals surface area contributed by atoms with E-state index in [1.807, 2.05) is 30.0 Å². The van der Waals surface area contributed by atoms with Crippen molar-refractivity contribution in [1.29, 1.82) is 0 Å². The van der Waals surface area contributed by atoms with Gasteiger partial charge in [0.2, 0.25) is 10.0 Å². The minimum atomic E-state index is -3.50. The van der Waals surface area contributed by atoms with Crippen molar-refractivity contribution < 1.29 is 22.7 Å². The number of ether oxygens (including phenoxy) is 1. The van der Waals surface area contributed by atoms with Gasteiger partial charge < -0.3 is 14.7 Å². The quantitative estimate of drug-likeness (QED) is 0.427. The summed E-state index contributed by atoms with van der Waals surface area (Å²) in [5.41, 5.74) is 1.57. The van der Waals surface area contributed by atoms with Gasteiger partial charge in [0, 0.05) is 44.8 Å². The number of halogens is 1. The van der Waals surface area contributed by atoms with E-state index in [-0.39, 0.29) is 31.9 Å². The Hall–Kier alpha value is -3.12. The minimum absolute atomic E-state index is 0.0321. The number of hydrogen-bond donors (Lipinski definition) is 1. The van der Waals surface area contributed by atoms with Gasteiger partial charge in [-0.15, -0.1) is 0 Å². The SMILES string of the molecule is CCOC[C@@H](O)Cc1c(N2CCN(S(=O)(=O)Cc3ccccc3)CC2)cnn(-c2ccc(F)cc2)c1=O. The molecule has 4 rings (SSSR count). The summed E-state index contributed by atoms with van der Waals surface area (Å²) < 4.78 is 47.3. The van der Waals surface area contributed by atoms with Crippen molar-refractivity contribution in [3.05, 3.63) is 88.1 Å². The maximum atomic E-state index is 13.5. The van der Waals surface area contributed by atoms with Gasteiger partial charge in [-0.1, -0.05) is 30.3 Å². The maximum Gasteiger partial charge on any atom is 0.276 e. The van der Waals surface area contributed by atoms with Crippen molar-refractivity contribution in [2.45, 2.75) is 25.2 Å². The average Bonchev–Trinajstić information content (AvgIpc) is 2.90. The Balaban J connectivity index is 1.57. The molecule has 0 bridgehead atoms. The van der Waals surface area contributed by atoms with Gasteiger partial charge in [0.15, 0.2) is 0 Å². The average molecular weight is 531 g/mol. The second-order valence-electron chi connectivity index (χ2n) is 8.85. The molecule has 0 spiro atoms. The van der Waals surface area contributed by atoms with Crippen molar-refractivity contribution >= 4 is 15.7 Å². The Morgan fingerprint density at radius 2 is 1.73 bits per heavy atom. The first kappa shape index (κ1) is 26.9. The predicted molar refractivity (Wildman–Crippen MR) is 139 cm³/mol. The monoisotopic (exact) mass is 530 g/mol. The molecule has 1 aliphatic rings. The topological polar surface area (TPSA) is 105 Å². The van der Waals surface area contributed by atoms with Crippen LogP contribution in [0, 0.1) is 5.82 Å². The van der Waals surface area contributed by atoms with Crippen LogP contribution in [0.5, 0.6) is 0 Å². The number of sulfonamides is 1. The van der Waals surface area contributed by atoms with Crippen LogP contribution in [-0.4, -0.2) is 73.1 Å². The Morgan fingerprint density at radius 1 is 1.05 bits per heavy atom. The molecule has 37 heavy (non-hydrogen) atoms. The molecule has 1 N–H and O–H groups in total. The summed E-state index contributed by atoms with van der Waals surface area (Å²) in [4.78, 5) is 15.4. The van der Waals surface area contributed by atoms with E-state index in [0.717, 1.165) is 5.56 Å². The number of aliphatic hydroxyl groups excluding tert-OH is 1. The predicted octanol–water partition coefficient (Wildman–Crippen LogP) is 1.96. The highest BCUT2D eigenvalue weighted by molar-refractivity contribution is 7.88. The Morgan fingerprint density at radius 3 is 2.38 bits per heavy atom. The summed E-state index contributed by atoms with van der Waals surface area (Å²) in [5, 5.41) is 14.8. The van der Waals surface area contributed by atoms with Crippen molar-refractivity contribution in [2.75, 3.05) is 44.3 Å². The van der Waals surface area contributed by atoms with Crippen molar-refractivity contribution in [3.63, 3.8) is 0 Å². The molecule has 1 atom stereocenters. The molecule has 2 heterocycles. The van der Waals surface area contributed by atoms with E-state index < -0.39 is 27.5 Å². The first-order valence-electron chi connectivity index (χ1n) is 12.2. The number of nitrogens with zero attached hydrogens (tertiary/aromatic N) is 4. The van der Waals surface area contributed by atoms with Crippen LogP contribution in [0.15, 0.2) is 65.6 Å². The molecule has 1 fully saturated rings. The fraction of sp³-hybridized carbons (Fsp3) is 0.385. The lowest BCUT2D eigenvalue weighted by atomic mass is 10.1. The van der Waals surface area contributed by atoms with Gasteiger partial charge >= 0.3 is 0 Å². The van der Waals surface area contributed by atoms with E-state index in [4.69, 9.17) is 4.74 Å². The number of aliphatic hydroxyl groups is 1. The normalized spacial score (nSPS) is 15.6. The number of piperazine rings is 1. The van der Waals surface area contributed by atoms with Crippen LogP contribution >= 0.6 is 0 Å². The maximum absolute atomic E-state index is 13.5. The van der Waals surface area contributed by atoms with Crippen LogP contribution in [-0.2, 0) is 26.9 Å². The number of aromatic nitrogens is 2. The van der Waals surface area contributed by atoms with Gasteiger partial charge in [-0.25, -0.2) is 12.8 Å². The lowest BCUT2D eigenvalue weighted by Crippen LogP contribution is -2.49.